The summed E-state index contributed by atoms with van der Waals surface area (Å²) in [6.07, 6.45) is 0.0350. The van der Waals surface area contributed by atoms with Gasteiger partial charge in [-0.05, 0) is 39.6 Å². The highest BCUT2D eigenvalue weighted by atomic mass is 32.1. The number of hydrogen-bond acceptors (Lipinski definition) is 4. The lowest BCUT2D eigenvalue weighted by Crippen LogP contribution is -1.99. The van der Waals surface area contributed by atoms with Crippen molar-refractivity contribution in [2.24, 2.45) is 0 Å². The van der Waals surface area contributed by atoms with E-state index in [0.717, 1.165) is 22.4 Å². The van der Waals surface area contributed by atoms with Gasteiger partial charge < -0.3 is 14.6 Å². The molecule has 0 radical (unpaired) electrons. The number of carboxylic acid groups (broad SMARTS) is 1. The highest BCUT2D eigenvalue weighted by Gasteiger charge is 2.16. The van der Waals surface area contributed by atoms with Crippen LogP contribution in [0.15, 0.2) is 29.0 Å². The molecule has 1 aromatic carbocycles. The Morgan fingerprint density at radius 3 is 2.94 bits per heavy atom. The van der Waals surface area contributed by atoms with E-state index in [-0.39, 0.29) is 13.2 Å². The molecule has 1 aromatic heterocycles. The van der Waals surface area contributed by atoms with Crippen molar-refractivity contribution >= 4 is 17.3 Å². The van der Waals surface area contributed by atoms with E-state index in [0.29, 0.717) is 5.75 Å². The van der Waals surface area contributed by atoms with Crippen LogP contribution in [-0.4, -0.2) is 17.9 Å². The molecule has 18 heavy (non-hydrogen) atoms. The highest BCUT2D eigenvalue weighted by Crippen LogP contribution is 2.37. The molecule has 0 saturated heterocycles. The predicted molar refractivity (Wildman–Crippen MR) is 67.2 cm³/mol. The summed E-state index contributed by atoms with van der Waals surface area (Å²) in [7, 11) is 0. The number of carbonyl (C=O) groups is 1. The normalized spacial score (nSPS) is 12.7. The predicted octanol–water partition coefficient (Wildman–Crippen LogP) is 2.77. The van der Waals surface area contributed by atoms with E-state index < -0.39 is 5.97 Å². The van der Waals surface area contributed by atoms with Crippen molar-refractivity contribution < 1.29 is 19.4 Å². The molecule has 0 unspecified atom stereocenters. The van der Waals surface area contributed by atoms with Gasteiger partial charge in [0.2, 0.25) is 6.79 Å². The lowest BCUT2D eigenvalue weighted by atomic mass is 10.0. The van der Waals surface area contributed by atoms with Crippen LogP contribution < -0.4 is 9.47 Å². The van der Waals surface area contributed by atoms with Gasteiger partial charge in [-0.3, -0.25) is 4.79 Å². The van der Waals surface area contributed by atoms with Crippen LogP contribution in [0, 0.1) is 0 Å². The molecule has 0 atom stereocenters. The van der Waals surface area contributed by atoms with Crippen LogP contribution in [0.25, 0.3) is 11.1 Å². The number of thiophene rings is 1. The fourth-order valence-corrected chi connectivity index (χ4v) is 2.81. The van der Waals surface area contributed by atoms with Crippen molar-refractivity contribution in [3.63, 3.8) is 0 Å². The van der Waals surface area contributed by atoms with Gasteiger partial charge in [0.25, 0.3) is 0 Å². The maximum atomic E-state index is 10.8. The lowest BCUT2D eigenvalue weighted by Gasteiger charge is -2.04. The zero-order chi connectivity index (χ0) is 12.5. The standard InChI is InChI=1S/C13H10O4S/c14-13(15)4-9-5-18-6-10(9)8-1-2-11-12(3-8)17-7-16-11/h1-3,5-6H,4,7H2,(H,14,15). The summed E-state index contributed by atoms with van der Waals surface area (Å²) in [6, 6.07) is 5.65. The third kappa shape index (κ3) is 1.93. The summed E-state index contributed by atoms with van der Waals surface area (Å²) in [5.41, 5.74) is 2.73. The number of ether oxygens (including phenoxy) is 2. The average Bonchev–Trinajstić information content (AvgIpc) is 2.95. The number of benzene rings is 1. The van der Waals surface area contributed by atoms with Gasteiger partial charge in [0, 0.05) is 0 Å². The second-order valence-corrected chi connectivity index (χ2v) is 4.69. The minimum Gasteiger partial charge on any atom is -0.481 e. The molecule has 2 aromatic rings. The van der Waals surface area contributed by atoms with E-state index >= 15 is 0 Å². The molecule has 92 valence electrons. The smallest absolute Gasteiger partial charge is 0.307 e. The van der Waals surface area contributed by atoms with Crippen LogP contribution in [-0.2, 0) is 11.2 Å². The third-order valence-electron chi connectivity index (χ3n) is 2.77. The second kappa shape index (κ2) is 4.34. The first-order chi connectivity index (χ1) is 8.74. The maximum Gasteiger partial charge on any atom is 0.307 e. The molecule has 3 rings (SSSR count). The van der Waals surface area contributed by atoms with Crippen LogP contribution in [0.4, 0.5) is 0 Å². The molecule has 0 spiro atoms. The van der Waals surface area contributed by atoms with E-state index in [4.69, 9.17) is 14.6 Å². The molecule has 0 bridgehead atoms. The van der Waals surface area contributed by atoms with E-state index in [1.807, 2.05) is 29.0 Å². The molecule has 1 aliphatic rings. The summed E-state index contributed by atoms with van der Waals surface area (Å²) >= 11 is 1.50. The van der Waals surface area contributed by atoms with Gasteiger partial charge in [-0.1, -0.05) is 6.07 Å². The van der Waals surface area contributed by atoms with Crippen LogP contribution in [0.3, 0.4) is 0 Å². The average molecular weight is 262 g/mol. The largest absolute Gasteiger partial charge is 0.481 e. The van der Waals surface area contributed by atoms with Gasteiger partial charge in [0.15, 0.2) is 11.5 Å². The van der Waals surface area contributed by atoms with Crippen molar-refractivity contribution in [1.82, 2.24) is 0 Å². The van der Waals surface area contributed by atoms with Gasteiger partial charge in [-0.2, -0.15) is 11.3 Å². The zero-order valence-corrected chi connectivity index (χ0v) is 10.2. The zero-order valence-electron chi connectivity index (χ0n) is 9.38. The van der Waals surface area contributed by atoms with Crippen LogP contribution in [0.5, 0.6) is 11.5 Å². The van der Waals surface area contributed by atoms with Crippen molar-refractivity contribution in [2.45, 2.75) is 6.42 Å². The lowest BCUT2D eigenvalue weighted by molar-refractivity contribution is -0.136. The Hall–Kier alpha value is -2.01. The third-order valence-corrected chi connectivity index (χ3v) is 3.56. The molecule has 1 N–H and O–H groups in total. The SMILES string of the molecule is O=C(O)Cc1cscc1-c1ccc2c(c1)OCO2. The van der Waals surface area contributed by atoms with Crippen molar-refractivity contribution in [3.8, 4) is 22.6 Å². The fourth-order valence-electron chi connectivity index (χ4n) is 1.94. The van der Waals surface area contributed by atoms with Crippen molar-refractivity contribution in [3.05, 3.63) is 34.5 Å². The van der Waals surface area contributed by atoms with E-state index in [2.05, 4.69) is 0 Å². The number of aliphatic carboxylic acids is 1. The Bertz CT molecular complexity index is 603. The Labute approximate surface area is 107 Å². The molecule has 0 saturated carbocycles. The number of carboxylic acids is 1. The second-order valence-electron chi connectivity index (χ2n) is 3.95. The molecular weight excluding hydrogens is 252 g/mol. The molecule has 1 aliphatic heterocycles. The van der Waals surface area contributed by atoms with Gasteiger partial charge in [0.05, 0.1) is 6.42 Å². The molecule has 0 amide bonds. The Kier molecular flexibility index (Phi) is 2.68. The Morgan fingerprint density at radius 2 is 2.11 bits per heavy atom. The molecule has 0 aliphatic carbocycles. The monoisotopic (exact) mass is 262 g/mol. The molecular formula is C13H10O4S. The van der Waals surface area contributed by atoms with Crippen molar-refractivity contribution in [2.75, 3.05) is 6.79 Å². The summed E-state index contributed by atoms with van der Waals surface area (Å²) < 4.78 is 10.6. The summed E-state index contributed by atoms with van der Waals surface area (Å²) in [5.74, 6) is 0.615. The van der Waals surface area contributed by atoms with Crippen molar-refractivity contribution in [1.29, 1.82) is 0 Å². The first-order valence-corrected chi connectivity index (χ1v) is 6.35. The van der Waals surface area contributed by atoms with Gasteiger partial charge in [-0.25, -0.2) is 0 Å². The minimum atomic E-state index is -0.824. The van der Waals surface area contributed by atoms with Crippen LogP contribution in [0.2, 0.25) is 0 Å². The first kappa shape index (κ1) is 11.1. The Morgan fingerprint density at radius 1 is 1.28 bits per heavy atom. The summed E-state index contributed by atoms with van der Waals surface area (Å²) in [6.45, 7) is 0.240. The molecule has 2 heterocycles. The number of fused-ring (bicyclic) bond motifs is 1. The van der Waals surface area contributed by atoms with E-state index in [1.165, 1.54) is 11.3 Å². The van der Waals surface area contributed by atoms with Gasteiger partial charge >= 0.3 is 5.97 Å². The molecule has 5 heteroatoms. The summed E-state index contributed by atoms with van der Waals surface area (Å²) in [5, 5.41) is 12.7. The van der Waals surface area contributed by atoms with E-state index in [9.17, 15) is 4.79 Å². The molecule has 4 nitrogen and oxygen atoms in total. The number of rotatable bonds is 3. The Balaban J connectivity index is 1.99. The number of hydrogen-bond donors (Lipinski definition) is 1. The first-order valence-electron chi connectivity index (χ1n) is 5.41. The van der Waals surface area contributed by atoms with Crippen LogP contribution in [0.1, 0.15) is 5.56 Å². The fraction of sp³-hybridized carbons (Fsp3) is 0.154. The maximum absolute atomic E-state index is 10.8. The van der Waals surface area contributed by atoms with E-state index in [1.54, 1.807) is 0 Å². The van der Waals surface area contributed by atoms with Gasteiger partial charge in [-0.15, -0.1) is 0 Å². The highest BCUT2D eigenvalue weighted by molar-refractivity contribution is 7.08. The summed E-state index contributed by atoms with van der Waals surface area (Å²) in [4.78, 5) is 10.8. The topological polar surface area (TPSA) is 55.8 Å². The van der Waals surface area contributed by atoms with Gasteiger partial charge in [0.1, 0.15) is 0 Å². The molecule has 0 fully saturated rings. The minimum absolute atomic E-state index is 0.0350. The van der Waals surface area contributed by atoms with Crippen LogP contribution >= 0.6 is 11.3 Å². The quantitative estimate of drug-likeness (QED) is 0.924.